The van der Waals surface area contributed by atoms with Crippen LogP contribution in [0.15, 0.2) is 35.7 Å². The van der Waals surface area contributed by atoms with E-state index in [-0.39, 0.29) is 37.2 Å². The van der Waals surface area contributed by atoms with Crippen LogP contribution in [-0.2, 0) is 20.1 Å². The molecule has 7 nitrogen and oxygen atoms in total. The van der Waals surface area contributed by atoms with Gasteiger partial charge in [0.1, 0.15) is 5.95 Å². The maximum Gasteiger partial charge on any atom is 3.00 e. The molecule has 4 rings (SSSR count). The van der Waals surface area contributed by atoms with E-state index < -0.39 is 29.1 Å². The molecule has 1 aromatic carbocycles. The Morgan fingerprint density at radius 1 is 1.10 bits per heavy atom. The maximum atomic E-state index is 13.6. The smallest absolute Gasteiger partial charge is 0.493 e. The van der Waals surface area contributed by atoms with Gasteiger partial charge >= 0.3 is 20.1 Å². The van der Waals surface area contributed by atoms with Crippen LogP contribution in [0.25, 0.3) is 11.4 Å². The molecule has 0 radical (unpaired) electrons. The van der Waals surface area contributed by atoms with Crippen molar-refractivity contribution in [2.24, 2.45) is 5.10 Å². The van der Waals surface area contributed by atoms with Crippen LogP contribution in [0.5, 0.6) is 0 Å². The Labute approximate surface area is 188 Å². The molecule has 158 valence electrons. The molecule has 2 aromatic heterocycles. The SMILES string of the molecule is CN1C=NN(c2[c-]cc(F)nc2F)[CH-]1.N#Cc1c(F)c[c-]c(-c2ncccn2)c1F.[Ir+3]. The van der Waals surface area contributed by atoms with Crippen molar-refractivity contribution < 1.29 is 37.7 Å². The van der Waals surface area contributed by atoms with Gasteiger partial charge in [0.2, 0.25) is 0 Å². The fourth-order valence-corrected chi connectivity index (χ4v) is 2.21. The summed E-state index contributed by atoms with van der Waals surface area (Å²) >= 11 is 0. The van der Waals surface area contributed by atoms with Gasteiger partial charge in [-0.25, -0.2) is 0 Å². The Bertz CT molecular complexity index is 1120. The summed E-state index contributed by atoms with van der Waals surface area (Å²) in [5.74, 6) is -3.71. The van der Waals surface area contributed by atoms with Gasteiger partial charge in [0.15, 0.2) is 0 Å². The van der Waals surface area contributed by atoms with E-state index in [0.717, 1.165) is 12.1 Å². The van der Waals surface area contributed by atoms with E-state index in [2.05, 4.69) is 32.2 Å². The zero-order valence-corrected chi connectivity index (χ0v) is 17.9. The average molecular weight is 605 g/mol. The molecule has 0 atom stereocenters. The summed E-state index contributed by atoms with van der Waals surface area (Å²) in [6.07, 6.45) is 4.33. The number of nitrogens with zero attached hydrogens (tertiary/aromatic N) is 7. The van der Waals surface area contributed by atoms with E-state index in [1.807, 2.05) is 0 Å². The Balaban J connectivity index is 0.000000215. The van der Waals surface area contributed by atoms with Gasteiger partial charge in [0, 0.05) is 18.0 Å². The second kappa shape index (κ2) is 10.6. The van der Waals surface area contributed by atoms with E-state index in [0.29, 0.717) is 0 Å². The number of pyridine rings is 1. The third-order valence-electron chi connectivity index (χ3n) is 3.53. The second-order valence-corrected chi connectivity index (χ2v) is 5.60. The molecule has 31 heavy (non-hydrogen) atoms. The molecule has 0 N–H and O–H groups in total. The van der Waals surface area contributed by atoms with Crippen LogP contribution < -0.4 is 5.01 Å². The van der Waals surface area contributed by atoms with Gasteiger partial charge in [0.25, 0.3) is 0 Å². The largest absolute Gasteiger partial charge is 3.00 e. The van der Waals surface area contributed by atoms with Crippen LogP contribution in [0.4, 0.5) is 23.2 Å². The molecular weight excluding hydrogens is 594 g/mol. The fraction of sp³-hybridized carbons (Fsp3) is 0.0526. The number of anilines is 1. The zero-order chi connectivity index (χ0) is 21.7. The molecule has 3 heterocycles. The summed E-state index contributed by atoms with van der Waals surface area (Å²) in [7, 11) is 1.73. The van der Waals surface area contributed by atoms with E-state index in [4.69, 9.17) is 5.26 Å². The quantitative estimate of drug-likeness (QED) is 0.254. The Kier molecular flexibility index (Phi) is 8.13. The van der Waals surface area contributed by atoms with Gasteiger partial charge in [0.05, 0.1) is 35.8 Å². The molecule has 0 aliphatic carbocycles. The van der Waals surface area contributed by atoms with Crippen LogP contribution in [0.2, 0.25) is 0 Å². The molecule has 1 aliphatic rings. The Morgan fingerprint density at radius 3 is 2.39 bits per heavy atom. The van der Waals surface area contributed by atoms with Crippen molar-refractivity contribution in [3.8, 4) is 17.5 Å². The minimum atomic E-state index is -0.992. The number of hydrogen-bond donors (Lipinski definition) is 0. The number of aromatic nitrogens is 3. The van der Waals surface area contributed by atoms with Gasteiger partial charge in [-0.2, -0.15) is 16.4 Å². The van der Waals surface area contributed by atoms with Crippen molar-refractivity contribution in [1.29, 1.82) is 5.26 Å². The standard InChI is InChI=1S/C11H4F2N3.C8H6F2N4.Ir/c12-9-3-2-7(10(13)8(9)6-14)11-15-4-1-5-16-11;1-13-4-11-14(5-13)6-2-3-7(9)12-8(6)10;/h1,3-5H;3-5H,1H3;/q-1;-2;+3. The predicted molar refractivity (Wildman–Crippen MR) is 97.0 cm³/mol. The van der Waals surface area contributed by atoms with Crippen molar-refractivity contribution in [2.45, 2.75) is 0 Å². The first-order valence-electron chi connectivity index (χ1n) is 8.12. The molecular formula is C19H10F4IrN7. The molecule has 0 spiro atoms. The van der Waals surface area contributed by atoms with Gasteiger partial charge in [-0.05, 0) is 18.8 Å². The van der Waals surface area contributed by atoms with Crippen LogP contribution in [0.1, 0.15) is 5.56 Å². The predicted octanol–water partition coefficient (Wildman–Crippen LogP) is 3.07. The monoisotopic (exact) mass is 605 g/mol. The summed E-state index contributed by atoms with van der Waals surface area (Å²) in [5, 5.41) is 13.6. The van der Waals surface area contributed by atoms with E-state index >= 15 is 0 Å². The first-order valence-corrected chi connectivity index (χ1v) is 8.12. The maximum absolute atomic E-state index is 13.6. The fourth-order valence-electron chi connectivity index (χ4n) is 2.21. The second-order valence-electron chi connectivity index (χ2n) is 5.60. The molecule has 0 amide bonds. The number of rotatable bonds is 2. The summed E-state index contributed by atoms with van der Waals surface area (Å²) in [5.41, 5.74) is -0.772. The summed E-state index contributed by atoms with van der Waals surface area (Å²) in [6.45, 7) is 1.52. The van der Waals surface area contributed by atoms with Crippen LogP contribution in [0, 0.1) is 53.7 Å². The average Bonchev–Trinajstić information content (AvgIpc) is 3.15. The van der Waals surface area contributed by atoms with Gasteiger partial charge in [-0.15, -0.1) is 24.9 Å². The minimum Gasteiger partial charge on any atom is -0.493 e. The number of hydrogen-bond acceptors (Lipinski definition) is 7. The summed E-state index contributed by atoms with van der Waals surface area (Å²) in [6, 6.07) is 9.65. The number of halogens is 4. The van der Waals surface area contributed by atoms with Gasteiger partial charge < -0.3 is 14.9 Å². The van der Waals surface area contributed by atoms with Crippen molar-refractivity contribution in [3.63, 3.8) is 0 Å². The number of nitriles is 1. The topological polar surface area (TPSA) is 81.3 Å². The third kappa shape index (κ3) is 5.59. The van der Waals surface area contributed by atoms with Crippen LogP contribution in [-0.4, -0.2) is 33.2 Å². The molecule has 0 bridgehead atoms. The number of benzene rings is 1. The van der Waals surface area contributed by atoms with Gasteiger partial charge in [-0.3, -0.25) is 27.5 Å². The molecule has 0 fully saturated rings. The molecule has 12 heteroatoms. The molecule has 0 unspecified atom stereocenters. The molecule has 0 saturated heterocycles. The molecule has 0 saturated carbocycles. The summed E-state index contributed by atoms with van der Waals surface area (Å²) < 4.78 is 52.2. The van der Waals surface area contributed by atoms with E-state index in [1.165, 1.54) is 36.5 Å². The normalized spacial score (nSPS) is 12.0. The first-order chi connectivity index (χ1) is 14.4. The van der Waals surface area contributed by atoms with E-state index in [9.17, 15) is 17.6 Å². The zero-order valence-electron chi connectivity index (χ0n) is 15.5. The van der Waals surface area contributed by atoms with Crippen molar-refractivity contribution >= 4 is 12.0 Å². The molecule has 1 aliphatic heterocycles. The summed E-state index contributed by atoms with van der Waals surface area (Å²) in [4.78, 5) is 12.2. The molecule has 3 aromatic rings. The number of hydrazone groups is 1. The Morgan fingerprint density at radius 2 is 1.81 bits per heavy atom. The van der Waals surface area contributed by atoms with E-state index in [1.54, 1.807) is 18.0 Å². The first kappa shape index (κ1) is 23.9. The van der Waals surface area contributed by atoms with Gasteiger partial charge in [-0.1, -0.05) is 5.56 Å². The third-order valence-corrected chi connectivity index (χ3v) is 3.53. The van der Waals surface area contributed by atoms with Crippen molar-refractivity contribution in [2.75, 3.05) is 12.1 Å². The van der Waals surface area contributed by atoms with Crippen LogP contribution >= 0.6 is 0 Å². The van der Waals surface area contributed by atoms with Crippen LogP contribution in [0.3, 0.4) is 0 Å². The Hall–Kier alpha value is -3.42. The van der Waals surface area contributed by atoms with Crippen molar-refractivity contribution in [1.82, 2.24) is 19.9 Å². The van der Waals surface area contributed by atoms with Crippen molar-refractivity contribution in [3.05, 3.63) is 78.5 Å². The minimum absolute atomic E-state index is 0.